The summed E-state index contributed by atoms with van der Waals surface area (Å²) in [5.41, 5.74) is 1.47. The summed E-state index contributed by atoms with van der Waals surface area (Å²) in [7, 11) is -0.489. The van der Waals surface area contributed by atoms with Gasteiger partial charge in [-0.1, -0.05) is 12.1 Å². The molecule has 0 saturated carbocycles. The molecule has 24 heavy (non-hydrogen) atoms. The van der Waals surface area contributed by atoms with Crippen LogP contribution in [0.3, 0.4) is 0 Å². The average molecular weight is 353 g/mol. The van der Waals surface area contributed by atoms with Crippen molar-refractivity contribution in [1.29, 1.82) is 0 Å². The van der Waals surface area contributed by atoms with Gasteiger partial charge in [0.15, 0.2) is 5.82 Å². The molecule has 0 bridgehead atoms. The molecule has 132 valence electrons. The van der Waals surface area contributed by atoms with Crippen molar-refractivity contribution in [3.63, 3.8) is 0 Å². The predicted octanol–water partition coefficient (Wildman–Crippen LogP) is 1.93. The van der Waals surface area contributed by atoms with E-state index >= 15 is 0 Å². The Morgan fingerprint density at radius 3 is 2.50 bits per heavy atom. The standard InChI is InChI=1S/C15H23N5O3S/c1-5-14-18-15(23-19-14)10-17-13-9-11(24(21,22)20(3)4)7-8-12(13)16-6-2/h7-9,16-17H,5-6,10H2,1-4H3. The molecule has 0 aliphatic rings. The van der Waals surface area contributed by atoms with Gasteiger partial charge in [0.25, 0.3) is 0 Å². The summed E-state index contributed by atoms with van der Waals surface area (Å²) in [6, 6.07) is 4.93. The molecule has 0 aliphatic carbocycles. The Morgan fingerprint density at radius 2 is 1.92 bits per heavy atom. The molecule has 0 atom stereocenters. The van der Waals surface area contributed by atoms with E-state index < -0.39 is 10.0 Å². The third kappa shape index (κ3) is 4.04. The van der Waals surface area contributed by atoms with Gasteiger partial charge in [0, 0.05) is 27.1 Å². The lowest BCUT2D eigenvalue weighted by molar-refractivity contribution is 0.378. The molecule has 8 nitrogen and oxygen atoms in total. The second kappa shape index (κ2) is 7.63. The van der Waals surface area contributed by atoms with Gasteiger partial charge in [0.2, 0.25) is 15.9 Å². The first-order chi connectivity index (χ1) is 11.4. The van der Waals surface area contributed by atoms with Crippen molar-refractivity contribution >= 4 is 21.4 Å². The Morgan fingerprint density at radius 1 is 1.17 bits per heavy atom. The van der Waals surface area contributed by atoms with E-state index in [0.717, 1.165) is 12.2 Å². The maximum atomic E-state index is 12.3. The minimum Gasteiger partial charge on any atom is -0.384 e. The van der Waals surface area contributed by atoms with Gasteiger partial charge in [0.1, 0.15) is 0 Å². The number of hydrogen-bond acceptors (Lipinski definition) is 7. The molecule has 0 radical (unpaired) electrons. The summed E-state index contributed by atoms with van der Waals surface area (Å²) in [5, 5.41) is 10.2. The number of nitrogens with zero attached hydrogens (tertiary/aromatic N) is 3. The van der Waals surface area contributed by atoms with Crippen LogP contribution in [0.25, 0.3) is 0 Å². The summed E-state index contributed by atoms with van der Waals surface area (Å²) in [5.74, 6) is 1.10. The van der Waals surface area contributed by atoms with E-state index in [2.05, 4.69) is 20.8 Å². The van der Waals surface area contributed by atoms with E-state index in [1.165, 1.54) is 18.4 Å². The average Bonchev–Trinajstić information content (AvgIpc) is 3.02. The molecule has 1 aromatic carbocycles. The number of sulfonamides is 1. The van der Waals surface area contributed by atoms with Crippen molar-refractivity contribution in [1.82, 2.24) is 14.4 Å². The lowest BCUT2D eigenvalue weighted by Crippen LogP contribution is -2.22. The highest BCUT2D eigenvalue weighted by molar-refractivity contribution is 7.89. The number of anilines is 2. The number of rotatable bonds is 8. The maximum absolute atomic E-state index is 12.3. The number of nitrogens with one attached hydrogen (secondary N) is 2. The summed E-state index contributed by atoms with van der Waals surface area (Å²) in [6.45, 7) is 4.95. The predicted molar refractivity (Wildman–Crippen MR) is 92.5 cm³/mol. The zero-order chi connectivity index (χ0) is 17.7. The van der Waals surface area contributed by atoms with Gasteiger partial charge < -0.3 is 15.2 Å². The Labute approximate surface area is 142 Å². The highest BCUT2D eigenvalue weighted by atomic mass is 32.2. The van der Waals surface area contributed by atoms with Crippen LogP contribution < -0.4 is 10.6 Å². The Hall–Kier alpha value is -2.13. The normalized spacial score (nSPS) is 11.7. The van der Waals surface area contributed by atoms with Crippen molar-refractivity contribution in [2.24, 2.45) is 0 Å². The lowest BCUT2D eigenvalue weighted by atomic mass is 10.2. The molecule has 0 fully saturated rings. The van der Waals surface area contributed by atoms with Crippen LogP contribution in [0.1, 0.15) is 25.6 Å². The summed E-state index contributed by atoms with van der Waals surface area (Å²) < 4.78 is 30.9. The third-order valence-corrected chi connectivity index (χ3v) is 5.20. The van der Waals surface area contributed by atoms with Crippen LogP contribution >= 0.6 is 0 Å². The minimum absolute atomic E-state index is 0.219. The molecule has 0 saturated heterocycles. The molecule has 1 heterocycles. The SMILES string of the molecule is CCNc1ccc(S(=O)(=O)N(C)C)cc1NCc1nc(CC)no1. The lowest BCUT2D eigenvalue weighted by Gasteiger charge is -2.16. The van der Waals surface area contributed by atoms with Crippen LogP contribution in [0.2, 0.25) is 0 Å². The fourth-order valence-electron chi connectivity index (χ4n) is 2.06. The van der Waals surface area contributed by atoms with Crippen LogP contribution in [0.15, 0.2) is 27.6 Å². The Balaban J connectivity index is 2.27. The first-order valence-electron chi connectivity index (χ1n) is 7.74. The molecule has 2 rings (SSSR count). The molecule has 1 aromatic heterocycles. The van der Waals surface area contributed by atoms with Crippen molar-refractivity contribution in [3.8, 4) is 0 Å². The summed E-state index contributed by atoms with van der Waals surface area (Å²) >= 11 is 0. The van der Waals surface area contributed by atoms with Crippen LogP contribution in [-0.2, 0) is 23.0 Å². The molecule has 2 N–H and O–H groups in total. The Kier molecular flexibility index (Phi) is 5.79. The van der Waals surface area contributed by atoms with Gasteiger partial charge in [-0.05, 0) is 25.1 Å². The first-order valence-corrected chi connectivity index (χ1v) is 9.18. The topological polar surface area (TPSA) is 100 Å². The van der Waals surface area contributed by atoms with E-state index in [1.807, 2.05) is 13.8 Å². The second-order valence-electron chi connectivity index (χ2n) is 5.34. The van der Waals surface area contributed by atoms with Crippen LogP contribution in [0, 0.1) is 0 Å². The van der Waals surface area contributed by atoms with Crippen molar-refractivity contribution in [3.05, 3.63) is 29.9 Å². The minimum atomic E-state index is -3.50. The van der Waals surface area contributed by atoms with Gasteiger partial charge >= 0.3 is 0 Å². The third-order valence-electron chi connectivity index (χ3n) is 3.39. The monoisotopic (exact) mass is 353 g/mol. The maximum Gasteiger partial charge on any atom is 0.245 e. The second-order valence-corrected chi connectivity index (χ2v) is 7.49. The molecule has 0 amide bonds. The number of hydrogen-bond donors (Lipinski definition) is 2. The first kappa shape index (κ1) is 18.2. The van der Waals surface area contributed by atoms with E-state index in [0.29, 0.717) is 30.4 Å². The highest BCUT2D eigenvalue weighted by Crippen LogP contribution is 2.27. The van der Waals surface area contributed by atoms with Gasteiger partial charge in [-0.3, -0.25) is 0 Å². The fourth-order valence-corrected chi connectivity index (χ4v) is 2.99. The molecule has 9 heteroatoms. The zero-order valence-corrected chi connectivity index (χ0v) is 15.1. The van der Waals surface area contributed by atoms with Crippen molar-refractivity contribution in [2.75, 3.05) is 31.3 Å². The number of aryl methyl sites for hydroxylation is 1. The molecular weight excluding hydrogens is 330 g/mol. The van der Waals surface area contributed by atoms with Crippen LogP contribution in [0.5, 0.6) is 0 Å². The molecule has 0 unspecified atom stereocenters. The molecular formula is C15H23N5O3S. The van der Waals surface area contributed by atoms with Crippen molar-refractivity contribution < 1.29 is 12.9 Å². The van der Waals surface area contributed by atoms with Gasteiger partial charge in [-0.15, -0.1) is 0 Å². The summed E-state index contributed by atoms with van der Waals surface area (Å²) in [4.78, 5) is 4.45. The van der Waals surface area contributed by atoms with Crippen molar-refractivity contribution in [2.45, 2.75) is 31.7 Å². The van der Waals surface area contributed by atoms with E-state index in [9.17, 15) is 8.42 Å². The van der Waals surface area contributed by atoms with Crippen LogP contribution in [-0.4, -0.2) is 43.5 Å². The van der Waals surface area contributed by atoms with Crippen LogP contribution in [0.4, 0.5) is 11.4 Å². The highest BCUT2D eigenvalue weighted by Gasteiger charge is 2.19. The van der Waals surface area contributed by atoms with Gasteiger partial charge in [-0.2, -0.15) is 4.98 Å². The quantitative estimate of drug-likeness (QED) is 0.748. The smallest absolute Gasteiger partial charge is 0.245 e. The van der Waals surface area contributed by atoms with E-state index in [4.69, 9.17) is 4.52 Å². The molecule has 2 aromatic rings. The molecule has 0 aliphatic heterocycles. The van der Waals surface area contributed by atoms with E-state index in [-0.39, 0.29) is 4.90 Å². The zero-order valence-electron chi connectivity index (χ0n) is 14.3. The van der Waals surface area contributed by atoms with Gasteiger partial charge in [0.05, 0.1) is 22.8 Å². The number of aromatic nitrogens is 2. The summed E-state index contributed by atoms with van der Waals surface area (Å²) in [6.07, 6.45) is 0.697. The molecule has 0 spiro atoms. The fraction of sp³-hybridized carbons (Fsp3) is 0.467. The Bertz CT molecular complexity index is 786. The van der Waals surface area contributed by atoms with Gasteiger partial charge in [-0.25, -0.2) is 12.7 Å². The van der Waals surface area contributed by atoms with E-state index in [1.54, 1.807) is 18.2 Å². The number of benzene rings is 1. The largest absolute Gasteiger partial charge is 0.384 e.